The molecule has 1 rings (SSSR count). The molecule has 0 amide bonds. The average Bonchev–Trinajstić information content (AvgIpc) is 2.35. The fourth-order valence-electron chi connectivity index (χ4n) is 1.49. The summed E-state index contributed by atoms with van der Waals surface area (Å²) in [5, 5.41) is 19.3. The van der Waals surface area contributed by atoms with E-state index in [1.54, 1.807) is 0 Å². The lowest BCUT2D eigenvalue weighted by Crippen LogP contribution is -2.35. The van der Waals surface area contributed by atoms with E-state index in [0.29, 0.717) is 4.90 Å². The summed E-state index contributed by atoms with van der Waals surface area (Å²) in [6.07, 6.45) is -5.72. The molecule has 0 aliphatic carbocycles. The van der Waals surface area contributed by atoms with Gasteiger partial charge in [-0.15, -0.1) is 0 Å². The quantitative estimate of drug-likeness (QED) is 0.505. The Bertz CT molecular complexity index is 605. The number of rotatable bonds is 5. The van der Waals surface area contributed by atoms with Gasteiger partial charge in [0.1, 0.15) is 24.1 Å². The van der Waals surface area contributed by atoms with Gasteiger partial charge < -0.3 is 10.0 Å². The van der Waals surface area contributed by atoms with Crippen LogP contribution < -0.4 is 4.90 Å². The van der Waals surface area contributed by atoms with Crippen molar-refractivity contribution in [1.29, 1.82) is 0 Å². The molecule has 0 saturated carbocycles. The van der Waals surface area contributed by atoms with Crippen molar-refractivity contribution >= 4 is 17.3 Å². The molecule has 1 N–H and O–H groups in total. The lowest BCUT2D eigenvalue weighted by molar-refractivity contribution is -0.384. The Morgan fingerprint density at radius 2 is 1.95 bits per heavy atom. The van der Waals surface area contributed by atoms with Gasteiger partial charge in [-0.3, -0.25) is 14.9 Å². The van der Waals surface area contributed by atoms with Crippen LogP contribution in [0.3, 0.4) is 0 Å². The molecule has 0 saturated heterocycles. The first kappa shape index (κ1) is 17.5. The molecule has 7 nitrogen and oxygen atoms in total. The largest absolute Gasteiger partial charge is 0.480 e. The second-order valence-corrected chi connectivity index (χ2v) is 4.14. The van der Waals surface area contributed by atoms with Crippen LogP contribution in [0.2, 0.25) is 0 Å². The van der Waals surface area contributed by atoms with Gasteiger partial charge in [0.05, 0.1) is 4.92 Å². The third-order valence-corrected chi connectivity index (χ3v) is 2.52. The van der Waals surface area contributed by atoms with Gasteiger partial charge in [-0.2, -0.15) is 22.0 Å². The number of halogens is 5. The van der Waals surface area contributed by atoms with Gasteiger partial charge in [0.25, 0.3) is 0 Å². The maximum atomic E-state index is 13.2. The molecule has 1 heterocycles. The fraction of sp³-hybridized carbons (Fsp3) is 0.400. The van der Waals surface area contributed by atoms with Crippen molar-refractivity contribution in [2.45, 2.75) is 12.1 Å². The molecular formula is C10H8F5N3O4. The highest BCUT2D eigenvalue weighted by Crippen LogP contribution is 2.44. The van der Waals surface area contributed by atoms with Crippen LogP contribution in [-0.2, 0) is 10.7 Å². The first-order valence-electron chi connectivity index (χ1n) is 5.40. The van der Waals surface area contributed by atoms with Crippen LogP contribution in [0.15, 0.2) is 12.3 Å². The van der Waals surface area contributed by atoms with Crippen LogP contribution >= 0.6 is 0 Å². The minimum absolute atomic E-state index is 0.147. The Morgan fingerprint density at radius 3 is 2.36 bits per heavy atom. The molecule has 122 valence electrons. The molecule has 1 aromatic heterocycles. The van der Waals surface area contributed by atoms with Crippen LogP contribution in [0.25, 0.3) is 0 Å². The summed E-state index contributed by atoms with van der Waals surface area (Å²) in [5.41, 5.74) is -3.38. The van der Waals surface area contributed by atoms with Crippen molar-refractivity contribution < 1.29 is 36.8 Å². The number of likely N-dealkylation sites (N-methyl/N-ethyl adjacent to an activating group) is 1. The summed E-state index contributed by atoms with van der Waals surface area (Å²) in [6, 6.07) is 0.147. The van der Waals surface area contributed by atoms with Crippen molar-refractivity contribution in [3.05, 3.63) is 28.1 Å². The van der Waals surface area contributed by atoms with E-state index in [1.165, 1.54) is 0 Å². The van der Waals surface area contributed by atoms with E-state index in [-0.39, 0.29) is 12.3 Å². The highest BCUT2D eigenvalue weighted by molar-refractivity contribution is 5.75. The van der Waals surface area contributed by atoms with Crippen molar-refractivity contribution in [3.8, 4) is 0 Å². The standard InChI is InChI=1S/C10H8F5N3O4/c1-17(4-8(19)20)5-2-7(9(11,12)10(13,14)15)16-3-6(5)18(21)22/h2-3H,4H2,1H3,(H,19,20). The second kappa shape index (κ2) is 5.69. The predicted octanol–water partition coefficient (Wildman–Crippen LogP) is 2.16. The zero-order valence-corrected chi connectivity index (χ0v) is 10.8. The van der Waals surface area contributed by atoms with E-state index in [2.05, 4.69) is 4.98 Å². The highest BCUT2D eigenvalue weighted by atomic mass is 19.4. The number of nitrogens with zero attached hydrogens (tertiary/aromatic N) is 3. The second-order valence-electron chi connectivity index (χ2n) is 4.14. The number of anilines is 1. The Hall–Kier alpha value is -2.53. The fourth-order valence-corrected chi connectivity index (χ4v) is 1.49. The lowest BCUT2D eigenvalue weighted by Gasteiger charge is -2.21. The van der Waals surface area contributed by atoms with Gasteiger partial charge in [0, 0.05) is 7.05 Å². The van der Waals surface area contributed by atoms with Crippen LogP contribution in [0.1, 0.15) is 5.69 Å². The van der Waals surface area contributed by atoms with E-state index in [4.69, 9.17) is 5.11 Å². The van der Waals surface area contributed by atoms with Crippen molar-refractivity contribution in [2.75, 3.05) is 18.5 Å². The topological polar surface area (TPSA) is 96.6 Å². The van der Waals surface area contributed by atoms with Crippen LogP contribution in [0.5, 0.6) is 0 Å². The number of aliphatic carboxylic acids is 1. The normalized spacial score (nSPS) is 12.1. The smallest absolute Gasteiger partial charge is 0.459 e. The summed E-state index contributed by atoms with van der Waals surface area (Å²) in [4.78, 5) is 23.7. The Morgan fingerprint density at radius 1 is 1.41 bits per heavy atom. The van der Waals surface area contributed by atoms with Gasteiger partial charge in [-0.25, -0.2) is 4.98 Å². The molecule has 0 radical (unpaired) electrons. The van der Waals surface area contributed by atoms with E-state index in [1.807, 2.05) is 0 Å². The Balaban J connectivity index is 3.43. The van der Waals surface area contributed by atoms with Gasteiger partial charge in [0.2, 0.25) is 0 Å². The third-order valence-electron chi connectivity index (χ3n) is 2.52. The van der Waals surface area contributed by atoms with Gasteiger partial charge in [-0.05, 0) is 6.07 Å². The summed E-state index contributed by atoms with van der Waals surface area (Å²) in [6.45, 7) is -0.845. The maximum Gasteiger partial charge on any atom is 0.459 e. The molecule has 0 atom stereocenters. The zero-order valence-electron chi connectivity index (χ0n) is 10.8. The molecule has 0 unspecified atom stereocenters. The average molecular weight is 329 g/mol. The summed E-state index contributed by atoms with van der Waals surface area (Å²) < 4.78 is 63.3. The summed E-state index contributed by atoms with van der Waals surface area (Å²) in [5.74, 6) is -6.79. The van der Waals surface area contributed by atoms with E-state index in [9.17, 15) is 36.9 Å². The first-order valence-corrected chi connectivity index (χ1v) is 5.40. The number of hydrogen-bond acceptors (Lipinski definition) is 5. The molecule has 0 aliphatic heterocycles. The number of pyridine rings is 1. The number of carboxylic acids is 1. The number of hydrogen-bond donors (Lipinski definition) is 1. The molecule has 22 heavy (non-hydrogen) atoms. The molecule has 12 heteroatoms. The van der Waals surface area contributed by atoms with Crippen molar-refractivity contribution in [3.63, 3.8) is 0 Å². The number of carbonyl (C=O) groups is 1. The third kappa shape index (κ3) is 3.38. The van der Waals surface area contributed by atoms with Gasteiger partial charge in [0.15, 0.2) is 0 Å². The van der Waals surface area contributed by atoms with Crippen molar-refractivity contribution in [1.82, 2.24) is 4.98 Å². The zero-order chi connectivity index (χ0) is 17.3. The molecular weight excluding hydrogens is 321 g/mol. The molecule has 0 bridgehead atoms. The lowest BCUT2D eigenvalue weighted by atomic mass is 10.1. The summed E-state index contributed by atoms with van der Waals surface area (Å²) in [7, 11) is 0.992. The Labute approximate surface area is 119 Å². The number of nitro groups is 1. The summed E-state index contributed by atoms with van der Waals surface area (Å²) >= 11 is 0. The van der Waals surface area contributed by atoms with Crippen molar-refractivity contribution in [2.24, 2.45) is 0 Å². The van der Waals surface area contributed by atoms with E-state index in [0.717, 1.165) is 7.05 Å². The monoisotopic (exact) mass is 329 g/mol. The minimum atomic E-state index is -5.95. The first-order chi connectivity index (χ1) is 9.87. The molecule has 0 aliphatic rings. The van der Waals surface area contributed by atoms with Gasteiger partial charge >= 0.3 is 23.8 Å². The minimum Gasteiger partial charge on any atom is -0.480 e. The van der Waals surface area contributed by atoms with Gasteiger partial charge in [-0.1, -0.05) is 0 Å². The molecule has 0 aromatic carbocycles. The van der Waals surface area contributed by atoms with E-state index >= 15 is 0 Å². The van der Waals surface area contributed by atoms with Crippen LogP contribution in [-0.4, -0.2) is 40.8 Å². The molecule has 1 aromatic rings. The van der Waals surface area contributed by atoms with Crippen LogP contribution in [0, 0.1) is 10.1 Å². The molecule has 0 fully saturated rings. The van der Waals surface area contributed by atoms with Crippen LogP contribution in [0.4, 0.5) is 33.3 Å². The maximum absolute atomic E-state index is 13.2. The molecule has 0 spiro atoms. The number of carboxylic acid groups (broad SMARTS) is 1. The number of alkyl halides is 5. The SMILES string of the molecule is CN(CC(=O)O)c1cc(C(F)(F)C(F)(F)F)ncc1[N+](=O)[O-]. The highest BCUT2D eigenvalue weighted by Gasteiger charge is 2.60. The van der Waals surface area contributed by atoms with E-state index < -0.39 is 46.6 Å². The number of aromatic nitrogens is 1. The predicted molar refractivity (Wildman–Crippen MR) is 61.7 cm³/mol. The Kier molecular flexibility index (Phi) is 4.53.